The largest absolute Gasteiger partial charge is 0.309 e. The maximum Gasteiger partial charge on any atom is 0.0642 e. The summed E-state index contributed by atoms with van der Waals surface area (Å²) in [6.45, 7) is 4.75. The van der Waals surface area contributed by atoms with E-state index in [4.69, 9.17) is 0 Å². The summed E-state index contributed by atoms with van der Waals surface area (Å²) in [5, 5.41) is 7.93. The highest BCUT2D eigenvalue weighted by Gasteiger charge is 2.36. The Morgan fingerprint density at radius 1 is 0.463 bits per heavy atom. The van der Waals surface area contributed by atoms with Gasteiger partial charge in [-0.3, -0.25) is 0 Å². The summed E-state index contributed by atoms with van der Waals surface area (Å²) in [6, 6.07) is 45.1. The number of hydrogen-bond donors (Lipinski definition) is 0. The first kappa shape index (κ1) is 21.7. The van der Waals surface area contributed by atoms with Crippen LogP contribution in [0.25, 0.3) is 76.7 Å². The zero-order chi connectivity index (χ0) is 27.0. The van der Waals surface area contributed by atoms with Crippen LogP contribution in [0.4, 0.5) is 0 Å². The van der Waals surface area contributed by atoms with E-state index in [1.807, 2.05) is 0 Å². The number of aromatic nitrogens is 2. The van der Waals surface area contributed by atoms with Crippen LogP contribution in [0.2, 0.25) is 0 Å². The summed E-state index contributed by atoms with van der Waals surface area (Å²) in [5.74, 6) is 0. The van der Waals surface area contributed by atoms with Crippen molar-refractivity contribution in [1.29, 1.82) is 0 Å². The lowest BCUT2D eigenvalue weighted by Gasteiger charge is -2.21. The van der Waals surface area contributed by atoms with Gasteiger partial charge < -0.3 is 8.97 Å². The summed E-state index contributed by atoms with van der Waals surface area (Å²) in [6.07, 6.45) is 0. The maximum absolute atomic E-state index is 2.54. The average molecular weight is 523 g/mol. The van der Waals surface area contributed by atoms with Gasteiger partial charge in [0.15, 0.2) is 0 Å². The van der Waals surface area contributed by atoms with Crippen molar-refractivity contribution in [1.82, 2.24) is 8.97 Å². The SMILES string of the molecule is CC1(C)c2ccccc2-c2cc3c(cc21)c1cc2c4ccccc4n(-c4ccccc4)c2c2c4ccccc4n3c12. The van der Waals surface area contributed by atoms with Gasteiger partial charge in [0.2, 0.25) is 0 Å². The predicted octanol–water partition coefficient (Wildman–Crippen LogP) is 10.2. The first-order valence-electron chi connectivity index (χ1n) is 14.5. The summed E-state index contributed by atoms with van der Waals surface area (Å²) in [5.41, 5.74) is 13.2. The molecule has 1 aliphatic carbocycles. The van der Waals surface area contributed by atoms with Crippen LogP contribution in [-0.4, -0.2) is 8.97 Å². The minimum atomic E-state index is -0.0349. The highest BCUT2D eigenvalue weighted by Crippen LogP contribution is 2.52. The van der Waals surface area contributed by atoms with Gasteiger partial charge in [-0.25, -0.2) is 0 Å². The van der Waals surface area contributed by atoms with E-state index in [0.29, 0.717) is 0 Å². The molecule has 0 unspecified atom stereocenters. The molecule has 0 saturated carbocycles. The van der Waals surface area contributed by atoms with Crippen LogP contribution >= 0.6 is 0 Å². The quantitative estimate of drug-likeness (QED) is 0.203. The maximum atomic E-state index is 2.54. The third-order valence-corrected chi connectivity index (χ3v) is 9.81. The zero-order valence-corrected chi connectivity index (χ0v) is 22.9. The Bertz CT molecular complexity index is 2540. The molecule has 2 nitrogen and oxygen atoms in total. The molecule has 9 aromatic rings. The van der Waals surface area contributed by atoms with Crippen molar-refractivity contribution in [3.8, 4) is 16.8 Å². The third-order valence-electron chi connectivity index (χ3n) is 9.81. The van der Waals surface area contributed by atoms with Gasteiger partial charge in [-0.2, -0.15) is 0 Å². The van der Waals surface area contributed by atoms with Crippen molar-refractivity contribution in [2.75, 3.05) is 0 Å². The molecule has 6 aromatic carbocycles. The van der Waals surface area contributed by atoms with Crippen molar-refractivity contribution < 1.29 is 0 Å². The monoisotopic (exact) mass is 522 g/mol. The number of para-hydroxylation sites is 3. The molecule has 3 heterocycles. The minimum absolute atomic E-state index is 0.0349. The van der Waals surface area contributed by atoms with Crippen LogP contribution in [0.3, 0.4) is 0 Å². The van der Waals surface area contributed by atoms with Crippen LogP contribution in [0.5, 0.6) is 0 Å². The fourth-order valence-corrected chi connectivity index (χ4v) is 8.04. The van der Waals surface area contributed by atoms with E-state index in [9.17, 15) is 0 Å². The third kappa shape index (κ3) is 2.46. The standard InChI is InChI=1S/C39H26N2/c1-39(2)31-17-9-6-14-24(31)27-22-35-28(21-32(27)39)30-20-29-25-15-7-10-18-33(25)40(23-12-4-3-5-13-23)37(29)36-26-16-8-11-19-34(26)41(35)38(30)36/h3-22H,1-2H3. The molecule has 0 radical (unpaired) electrons. The van der Waals surface area contributed by atoms with E-state index >= 15 is 0 Å². The number of fused-ring (bicyclic) bond motifs is 13. The van der Waals surface area contributed by atoms with Crippen LogP contribution in [0, 0.1) is 0 Å². The fourth-order valence-electron chi connectivity index (χ4n) is 8.04. The van der Waals surface area contributed by atoms with Crippen molar-refractivity contribution in [3.05, 3.63) is 132 Å². The van der Waals surface area contributed by atoms with E-state index in [2.05, 4.69) is 144 Å². The van der Waals surface area contributed by atoms with Gasteiger partial charge in [0.25, 0.3) is 0 Å². The molecular weight excluding hydrogens is 496 g/mol. The molecule has 2 heteroatoms. The Hall–Kier alpha value is -5.08. The Labute approximate surface area is 237 Å². The molecule has 192 valence electrons. The van der Waals surface area contributed by atoms with Gasteiger partial charge in [0.1, 0.15) is 0 Å². The molecular formula is C39H26N2. The molecule has 3 aromatic heterocycles. The van der Waals surface area contributed by atoms with E-state index < -0.39 is 0 Å². The Morgan fingerprint density at radius 3 is 2.00 bits per heavy atom. The second kappa shape index (κ2) is 7.16. The highest BCUT2D eigenvalue weighted by atomic mass is 15.0. The lowest BCUT2D eigenvalue weighted by molar-refractivity contribution is 0.661. The van der Waals surface area contributed by atoms with Gasteiger partial charge in [0.05, 0.1) is 27.6 Å². The minimum Gasteiger partial charge on any atom is -0.309 e. The van der Waals surface area contributed by atoms with E-state index in [1.54, 1.807) is 0 Å². The zero-order valence-electron chi connectivity index (χ0n) is 22.9. The highest BCUT2D eigenvalue weighted by molar-refractivity contribution is 6.34. The van der Waals surface area contributed by atoms with Gasteiger partial charge in [-0.1, -0.05) is 92.7 Å². The predicted molar refractivity (Wildman–Crippen MR) is 173 cm³/mol. The molecule has 0 amide bonds. The molecule has 0 fully saturated rings. The van der Waals surface area contributed by atoms with Gasteiger partial charge >= 0.3 is 0 Å². The Kier molecular flexibility index (Phi) is 3.79. The number of hydrogen-bond acceptors (Lipinski definition) is 0. The molecule has 1 aliphatic rings. The number of benzene rings is 6. The van der Waals surface area contributed by atoms with Gasteiger partial charge in [-0.05, 0) is 64.7 Å². The van der Waals surface area contributed by atoms with E-state index in [-0.39, 0.29) is 5.41 Å². The summed E-state index contributed by atoms with van der Waals surface area (Å²) >= 11 is 0. The normalized spacial score (nSPS) is 14.3. The molecule has 41 heavy (non-hydrogen) atoms. The van der Waals surface area contributed by atoms with Crippen LogP contribution in [-0.2, 0) is 5.41 Å². The smallest absolute Gasteiger partial charge is 0.0642 e. The molecule has 0 bridgehead atoms. The molecule has 0 spiro atoms. The molecule has 0 atom stereocenters. The van der Waals surface area contributed by atoms with Crippen molar-refractivity contribution in [2.45, 2.75) is 19.3 Å². The molecule has 0 aliphatic heterocycles. The first-order chi connectivity index (χ1) is 20.1. The molecule has 0 saturated heterocycles. The number of rotatable bonds is 1. The van der Waals surface area contributed by atoms with Gasteiger partial charge in [0, 0.05) is 43.4 Å². The molecule has 0 N–H and O–H groups in total. The van der Waals surface area contributed by atoms with Gasteiger partial charge in [-0.15, -0.1) is 0 Å². The summed E-state index contributed by atoms with van der Waals surface area (Å²) < 4.78 is 5.01. The van der Waals surface area contributed by atoms with E-state index in [1.165, 1.54) is 87.8 Å². The van der Waals surface area contributed by atoms with E-state index in [0.717, 1.165) is 0 Å². The van der Waals surface area contributed by atoms with Crippen LogP contribution < -0.4 is 0 Å². The second-order valence-electron chi connectivity index (χ2n) is 12.2. The summed E-state index contributed by atoms with van der Waals surface area (Å²) in [4.78, 5) is 0. The average Bonchev–Trinajstić information content (AvgIpc) is 3.70. The van der Waals surface area contributed by atoms with Crippen LogP contribution in [0.15, 0.2) is 121 Å². The van der Waals surface area contributed by atoms with Crippen LogP contribution in [0.1, 0.15) is 25.0 Å². The lowest BCUT2D eigenvalue weighted by Crippen LogP contribution is -2.14. The second-order valence-corrected chi connectivity index (χ2v) is 12.2. The fraction of sp³-hybridized carbons (Fsp3) is 0.0769. The van der Waals surface area contributed by atoms with Crippen molar-refractivity contribution in [3.63, 3.8) is 0 Å². The molecule has 10 rings (SSSR count). The Balaban J connectivity index is 1.49. The topological polar surface area (TPSA) is 9.34 Å². The van der Waals surface area contributed by atoms with Crippen molar-refractivity contribution >= 4 is 59.9 Å². The van der Waals surface area contributed by atoms with Crippen molar-refractivity contribution in [2.24, 2.45) is 0 Å². The number of nitrogens with zero attached hydrogens (tertiary/aromatic N) is 2. The lowest BCUT2D eigenvalue weighted by atomic mass is 9.82. The first-order valence-corrected chi connectivity index (χ1v) is 14.5. The summed E-state index contributed by atoms with van der Waals surface area (Å²) in [7, 11) is 0. The Morgan fingerprint density at radius 2 is 1.15 bits per heavy atom.